The molecule has 39 heavy (non-hydrogen) atoms. The van der Waals surface area contributed by atoms with Gasteiger partial charge in [0, 0.05) is 22.5 Å². The third kappa shape index (κ3) is 4.72. The fraction of sp³-hybridized carbons (Fsp3) is 0.207. The van der Waals surface area contributed by atoms with Crippen molar-refractivity contribution in [3.63, 3.8) is 0 Å². The topological polar surface area (TPSA) is 109 Å². The summed E-state index contributed by atoms with van der Waals surface area (Å²) in [5, 5.41) is 11.1. The molecule has 3 aromatic carbocycles. The van der Waals surface area contributed by atoms with Crippen LogP contribution in [-0.4, -0.2) is 49.1 Å². The molecule has 10 heteroatoms. The van der Waals surface area contributed by atoms with Gasteiger partial charge < -0.3 is 29.6 Å². The van der Waals surface area contributed by atoms with Crippen LogP contribution in [0.3, 0.4) is 0 Å². The standard InChI is InChI=1S/C29H29N5O5/c1-17-24(28(35)31-19-10-7-6-8-11-19)25(20-12-9-13-22(37-3)26(20)39-5)34-29(30-17)32-27(33-34)18-14-15-21(36-2)23(16-18)38-4/h6-16,25H,1-5H3,(H,31,35)(H,30,32,33). The van der Waals surface area contributed by atoms with Gasteiger partial charge in [-0.25, -0.2) is 4.68 Å². The van der Waals surface area contributed by atoms with Crippen LogP contribution in [0.25, 0.3) is 11.4 Å². The maximum Gasteiger partial charge on any atom is 0.255 e. The van der Waals surface area contributed by atoms with Crippen LogP contribution >= 0.6 is 0 Å². The van der Waals surface area contributed by atoms with Gasteiger partial charge in [-0.05, 0) is 43.3 Å². The number of amides is 1. The number of hydrogen-bond acceptors (Lipinski definition) is 8. The predicted octanol–water partition coefficient (Wildman–Crippen LogP) is 4.91. The summed E-state index contributed by atoms with van der Waals surface area (Å²) in [6.07, 6.45) is 0. The molecule has 4 aromatic rings. The van der Waals surface area contributed by atoms with Gasteiger partial charge in [0.2, 0.25) is 5.95 Å². The number of carbonyl (C=O) groups is 1. The van der Waals surface area contributed by atoms with Gasteiger partial charge in [-0.1, -0.05) is 30.3 Å². The SMILES string of the molecule is COc1ccc(-c2nc3n(n2)C(c2cccc(OC)c2OC)C(C(=O)Nc2ccccc2)=C(C)N3)cc1OC. The number of nitrogens with zero attached hydrogens (tertiary/aromatic N) is 3. The first-order chi connectivity index (χ1) is 19.0. The fourth-order valence-corrected chi connectivity index (χ4v) is 4.68. The van der Waals surface area contributed by atoms with Gasteiger partial charge in [0.1, 0.15) is 6.04 Å². The summed E-state index contributed by atoms with van der Waals surface area (Å²) in [6.45, 7) is 1.84. The van der Waals surface area contributed by atoms with Crippen molar-refractivity contribution in [1.82, 2.24) is 14.8 Å². The average Bonchev–Trinajstić information content (AvgIpc) is 3.39. The number of aromatic nitrogens is 3. The zero-order chi connectivity index (χ0) is 27.5. The lowest BCUT2D eigenvalue weighted by molar-refractivity contribution is -0.113. The number of fused-ring (bicyclic) bond motifs is 1. The Morgan fingerprint density at radius 1 is 0.872 bits per heavy atom. The lowest BCUT2D eigenvalue weighted by Gasteiger charge is -2.30. The van der Waals surface area contributed by atoms with Crippen molar-refractivity contribution in [2.75, 3.05) is 39.1 Å². The number of benzene rings is 3. The number of hydrogen-bond donors (Lipinski definition) is 2. The largest absolute Gasteiger partial charge is 0.493 e. The third-order valence-electron chi connectivity index (χ3n) is 6.50. The van der Waals surface area contributed by atoms with Crippen molar-refractivity contribution < 1.29 is 23.7 Å². The van der Waals surface area contributed by atoms with Crippen LogP contribution in [0.4, 0.5) is 11.6 Å². The van der Waals surface area contributed by atoms with E-state index in [0.29, 0.717) is 57.3 Å². The van der Waals surface area contributed by atoms with Crippen LogP contribution in [0.1, 0.15) is 18.5 Å². The van der Waals surface area contributed by atoms with Crippen molar-refractivity contribution in [2.24, 2.45) is 0 Å². The Morgan fingerprint density at radius 2 is 1.62 bits per heavy atom. The van der Waals surface area contributed by atoms with Crippen molar-refractivity contribution >= 4 is 17.5 Å². The quantitative estimate of drug-likeness (QED) is 0.333. The molecule has 200 valence electrons. The van der Waals surface area contributed by atoms with E-state index in [9.17, 15) is 4.79 Å². The molecule has 2 N–H and O–H groups in total. The van der Waals surface area contributed by atoms with E-state index in [-0.39, 0.29) is 5.91 Å². The molecule has 0 fully saturated rings. The van der Waals surface area contributed by atoms with Crippen LogP contribution in [0.5, 0.6) is 23.0 Å². The molecule has 1 unspecified atom stereocenters. The molecule has 1 atom stereocenters. The number of nitrogens with one attached hydrogen (secondary N) is 2. The number of anilines is 2. The number of allylic oxidation sites excluding steroid dienone is 1. The number of rotatable bonds is 8. The van der Waals surface area contributed by atoms with E-state index >= 15 is 0 Å². The molecular formula is C29H29N5O5. The van der Waals surface area contributed by atoms with E-state index in [1.807, 2.05) is 61.5 Å². The fourth-order valence-electron chi connectivity index (χ4n) is 4.68. The van der Waals surface area contributed by atoms with E-state index in [4.69, 9.17) is 29.0 Å². The maximum atomic E-state index is 13.8. The lowest BCUT2D eigenvalue weighted by atomic mass is 9.94. The Hall–Kier alpha value is -4.99. The molecule has 0 saturated carbocycles. The van der Waals surface area contributed by atoms with Crippen LogP contribution in [0, 0.1) is 0 Å². The first-order valence-electron chi connectivity index (χ1n) is 12.2. The van der Waals surface area contributed by atoms with Crippen molar-refractivity contribution in [3.8, 4) is 34.4 Å². The number of ether oxygens (including phenoxy) is 4. The summed E-state index contributed by atoms with van der Waals surface area (Å²) >= 11 is 0. The van der Waals surface area contributed by atoms with Crippen LogP contribution in [0.15, 0.2) is 78.0 Å². The monoisotopic (exact) mass is 527 g/mol. The number of carbonyl (C=O) groups excluding carboxylic acids is 1. The summed E-state index contributed by atoms with van der Waals surface area (Å²) < 4.78 is 23.9. The molecule has 0 bridgehead atoms. The van der Waals surface area contributed by atoms with E-state index in [0.717, 1.165) is 5.56 Å². The minimum absolute atomic E-state index is 0.283. The van der Waals surface area contributed by atoms with Crippen molar-refractivity contribution in [3.05, 3.63) is 83.6 Å². The van der Waals surface area contributed by atoms with E-state index in [2.05, 4.69) is 10.6 Å². The second-order valence-corrected chi connectivity index (χ2v) is 8.74. The zero-order valence-corrected chi connectivity index (χ0v) is 22.3. The molecule has 0 radical (unpaired) electrons. The summed E-state index contributed by atoms with van der Waals surface area (Å²) in [5.74, 6) is 2.83. The Morgan fingerprint density at radius 3 is 2.31 bits per heavy atom. The first-order valence-corrected chi connectivity index (χ1v) is 12.2. The molecule has 1 aromatic heterocycles. The third-order valence-corrected chi connectivity index (χ3v) is 6.50. The van der Waals surface area contributed by atoms with Gasteiger partial charge in [0.05, 0.1) is 34.0 Å². The molecule has 10 nitrogen and oxygen atoms in total. The second-order valence-electron chi connectivity index (χ2n) is 8.74. The van der Waals surface area contributed by atoms with Crippen LogP contribution in [-0.2, 0) is 4.79 Å². The van der Waals surface area contributed by atoms with Gasteiger partial charge in [-0.3, -0.25) is 4.79 Å². The van der Waals surface area contributed by atoms with Gasteiger partial charge in [0.25, 0.3) is 5.91 Å². The van der Waals surface area contributed by atoms with Crippen molar-refractivity contribution in [2.45, 2.75) is 13.0 Å². The first kappa shape index (κ1) is 25.7. The molecule has 1 amide bonds. The maximum absolute atomic E-state index is 13.8. The predicted molar refractivity (Wildman–Crippen MR) is 148 cm³/mol. The highest BCUT2D eigenvalue weighted by atomic mass is 16.5. The molecule has 0 spiro atoms. The molecular weight excluding hydrogens is 498 g/mol. The molecule has 1 aliphatic heterocycles. The van der Waals surface area contributed by atoms with Gasteiger partial charge in [-0.15, -0.1) is 5.10 Å². The zero-order valence-electron chi connectivity index (χ0n) is 22.3. The minimum atomic E-state index is -0.670. The number of para-hydroxylation sites is 2. The Kier molecular flexibility index (Phi) is 7.09. The highest BCUT2D eigenvalue weighted by Crippen LogP contribution is 2.43. The molecule has 1 aliphatic rings. The molecule has 0 saturated heterocycles. The van der Waals surface area contributed by atoms with Gasteiger partial charge >= 0.3 is 0 Å². The van der Waals surface area contributed by atoms with Crippen LogP contribution < -0.4 is 29.6 Å². The summed E-state index contributed by atoms with van der Waals surface area (Å²) in [5.41, 5.74) is 3.19. The number of methoxy groups -OCH3 is 4. The Bertz CT molecular complexity index is 1550. The normalized spacial score (nSPS) is 14.2. The summed E-state index contributed by atoms with van der Waals surface area (Å²) in [7, 11) is 6.30. The second kappa shape index (κ2) is 10.8. The van der Waals surface area contributed by atoms with Crippen molar-refractivity contribution in [1.29, 1.82) is 0 Å². The molecule has 5 rings (SSSR count). The smallest absolute Gasteiger partial charge is 0.255 e. The van der Waals surface area contributed by atoms with E-state index in [1.54, 1.807) is 45.3 Å². The summed E-state index contributed by atoms with van der Waals surface area (Å²) in [6, 6.07) is 19.6. The molecule has 2 heterocycles. The summed E-state index contributed by atoms with van der Waals surface area (Å²) in [4.78, 5) is 18.5. The Labute approximate surface area is 226 Å². The molecule has 0 aliphatic carbocycles. The van der Waals surface area contributed by atoms with Gasteiger partial charge in [0.15, 0.2) is 28.8 Å². The Balaban J connectivity index is 1.66. The highest BCUT2D eigenvalue weighted by Gasteiger charge is 2.37. The lowest BCUT2D eigenvalue weighted by Crippen LogP contribution is -2.31. The van der Waals surface area contributed by atoms with E-state index < -0.39 is 6.04 Å². The van der Waals surface area contributed by atoms with Crippen LogP contribution in [0.2, 0.25) is 0 Å². The van der Waals surface area contributed by atoms with E-state index in [1.165, 1.54) is 0 Å². The minimum Gasteiger partial charge on any atom is -0.493 e. The highest BCUT2D eigenvalue weighted by molar-refractivity contribution is 6.06. The van der Waals surface area contributed by atoms with Gasteiger partial charge in [-0.2, -0.15) is 4.98 Å². The average molecular weight is 528 g/mol.